The van der Waals surface area contributed by atoms with Gasteiger partial charge in [0.2, 0.25) is 0 Å². The molecule has 0 saturated carbocycles. The maximum absolute atomic E-state index is 10.5. The van der Waals surface area contributed by atoms with Crippen LogP contribution < -0.4 is 0 Å². The van der Waals surface area contributed by atoms with Crippen molar-refractivity contribution >= 4 is 49.9 Å². The second-order valence-corrected chi connectivity index (χ2v) is 7.66. The molecule has 4 heteroatoms. The summed E-state index contributed by atoms with van der Waals surface area (Å²) in [7, 11) is 0. The summed E-state index contributed by atoms with van der Waals surface area (Å²) in [6.45, 7) is 4.10. The Morgan fingerprint density at radius 2 is 2.00 bits per heavy atom. The summed E-state index contributed by atoms with van der Waals surface area (Å²) in [6.07, 6.45) is -0.538. The number of hydrogen-bond donors (Lipinski definition) is 1. The lowest BCUT2D eigenvalue weighted by molar-refractivity contribution is 0.219. The van der Waals surface area contributed by atoms with Crippen LogP contribution in [0.1, 0.15) is 27.7 Å². The maximum Gasteiger partial charge on any atom is 0.106 e. The minimum atomic E-state index is -0.538. The molecule has 2 aromatic rings. The highest BCUT2D eigenvalue weighted by Crippen LogP contribution is 2.35. The molecule has 0 radical (unpaired) electrons. The molecule has 0 spiro atoms. The van der Waals surface area contributed by atoms with Gasteiger partial charge in [-0.3, -0.25) is 0 Å². The Labute approximate surface area is 127 Å². The molecule has 2 rings (SSSR count). The molecule has 0 saturated heterocycles. The molecular weight excluding hydrogens is 411 g/mol. The van der Waals surface area contributed by atoms with Crippen LogP contribution in [0, 0.1) is 17.4 Å². The zero-order chi connectivity index (χ0) is 12.6. The van der Waals surface area contributed by atoms with Gasteiger partial charge in [0.1, 0.15) is 6.10 Å². The van der Waals surface area contributed by atoms with Crippen molar-refractivity contribution in [3.63, 3.8) is 0 Å². The summed E-state index contributed by atoms with van der Waals surface area (Å²) in [5, 5.41) is 10.5. The van der Waals surface area contributed by atoms with E-state index in [1.807, 2.05) is 25.1 Å². The minimum absolute atomic E-state index is 0.538. The topological polar surface area (TPSA) is 20.2 Å². The fourth-order valence-electron chi connectivity index (χ4n) is 1.78. The number of hydrogen-bond acceptors (Lipinski definition) is 2. The molecular formula is C13H12BrIOS. The molecule has 0 amide bonds. The zero-order valence-electron chi connectivity index (χ0n) is 9.50. The Hall–Kier alpha value is 0.0900. The van der Waals surface area contributed by atoms with E-state index in [4.69, 9.17) is 0 Å². The Morgan fingerprint density at radius 3 is 2.59 bits per heavy atom. The van der Waals surface area contributed by atoms with Gasteiger partial charge in [-0.2, -0.15) is 0 Å². The van der Waals surface area contributed by atoms with E-state index in [0.717, 1.165) is 23.4 Å². The van der Waals surface area contributed by atoms with Gasteiger partial charge in [0.15, 0.2) is 0 Å². The van der Waals surface area contributed by atoms with Crippen LogP contribution in [0.4, 0.5) is 0 Å². The van der Waals surface area contributed by atoms with Crippen molar-refractivity contribution in [1.29, 1.82) is 0 Å². The van der Waals surface area contributed by atoms with Crippen molar-refractivity contribution in [3.8, 4) is 0 Å². The average molecular weight is 423 g/mol. The van der Waals surface area contributed by atoms with Crippen LogP contribution in [0.25, 0.3) is 0 Å². The van der Waals surface area contributed by atoms with Gasteiger partial charge in [-0.1, -0.05) is 18.2 Å². The zero-order valence-corrected chi connectivity index (χ0v) is 14.1. The van der Waals surface area contributed by atoms with Crippen LogP contribution in [0.5, 0.6) is 0 Å². The van der Waals surface area contributed by atoms with Gasteiger partial charge in [-0.05, 0) is 75.1 Å². The fraction of sp³-hybridized carbons (Fsp3) is 0.231. The van der Waals surface area contributed by atoms with Gasteiger partial charge in [0.05, 0.1) is 3.79 Å². The number of halogens is 2. The first-order valence-corrected chi connectivity index (χ1v) is 7.88. The van der Waals surface area contributed by atoms with E-state index < -0.39 is 6.10 Å². The van der Waals surface area contributed by atoms with Crippen molar-refractivity contribution < 1.29 is 5.11 Å². The molecule has 0 aliphatic rings. The highest BCUT2D eigenvalue weighted by atomic mass is 127. The predicted molar refractivity (Wildman–Crippen MR) is 84.7 cm³/mol. The quantitative estimate of drug-likeness (QED) is 0.688. The number of aliphatic hydroxyl groups excluding tert-OH is 1. The van der Waals surface area contributed by atoms with Crippen molar-refractivity contribution in [3.05, 3.63) is 53.2 Å². The lowest BCUT2D eigenvalue weighted by Crippen LogP contribution is -2.03. The molecule has 17 heavy (non-hydrogen) atoms. The van der Waals surface area contributed by atoms with Crippen molar-refractivity contribution in [1.82, 2.24) is 0 Å². The molecule has 1 unspecified atom stereocenters. The Bertz CT molecular complexity index is 550. The van der Waals surface area contributed by atoms with Crippen LogP contribution in [-0.4, -0.2) is 5.11 Å². The predicted octanol–water partition coefficient (Wildman–Crippen LogP) is 4.81. The normalized spacial score (nSPS) is 12.8. The number of rotatable bonds is 2. The molecule has 1 nitrogen and oxygen atoms in total. The van der Waals surface area contributed by atoms with Gasteiger partial charge in [0.25, 0.3) is 0 Å². The number of benzene rings is 1. The molecule has 1 heterocycles. The number of aliphatic hydroxyl groups is 1. The van der Waals surface area contributed by atoms with E-state index in [1.165, 1.54) is 5.56 Å². The van der Waals surface area contributed by atoms with Crippen LogP contribution in [0.15, 0.2) is 28.1 Å². The van der Waals surface area contributed by atoms with Crippen molar-refractivity contribution in [2.24, 2.45) is 0 Å². The van der Waals surface area contributed by atoms with Crippen LogP contribution >= 0.6 is 49.9 Å². The lowest BCUT2D eigenvalue weighted by Gasteiger charge is -2.14. The highest BCUT2D eigenvalue weighted by molar-refractivity contribution is 14.1. The summed E-state index contributed by atoms with van der Waals surface area (Å²) >= 11 is 7.42. The molecule has 90 valence electrons. The van der Waals surface area contributed by atoms with E-state index in [1.54, 1.807) is 11.3 Å². The third-order valence-corrected chi connectivity index (χ3v) is 5.78. The molecule has 0 bridgehead atoms. The first-order valence-electron chi connectivity index (χ1n) is 5.19. The monoisotopic (exact) mass is 422 g/mol. The van der Waals surface area contributed by atoms with Gasteiger partial charge >= 0.3 is 0 Å². The summed E-state index contributed by atoms with van der Waals surface area (Å²) < 4.78 is 2.20. The van der Waals surface area contributed by atoms with Crippen LogP contribution in [0.3, 0.4) is 0 Å². The maximum atomic E-state index is 10.5. The minimum Gasteiger partial charge on any atom is -0.384 e. The van der Waals surface area contributed by atoms with E-state index in [2.05, 4.69) is 51.5 Å². The Balaban J connectivity index is 2.47. The third kappa shape index (κ3) is 2.75. The number of thiophene rings is 1. The second-order valence-electron chi connectivity index (χ2n) is 3.94. The second kappa shape index (κ2) is 5.38. The first-order chi connectivity index (χ1) is 8.00. The van der Waals surface area contributed by atoms with Gasteiger partial charge in [-0.25, -0.2) is 0 Å². The first kappa shape index (κ1) is 13.5. The molecule has 0 aliphatic carbocycles. The molecule has 0 aliphatic heterocycles. The molecule has 0 fully saturated rings. The van der Waals surface area contributed by atoms with Crippen molar-refractivity contribution in [2.75, 3.05) is 0 Å². The average Bonchev–Trinajstić information content (AvgIpc) is 2.61. The van der Waals surface area contributed by atoms with Gasteiger partial charge in [0, 0.05) is 8.45 Å². The molecule has 1 aromatic heterocycles. The fourth-order valence-corrected chi connectivity index (χ4v) is 4.18. The van der Waals surface area contributed by atoms with E-state index in [-0.39, 0.29) is 0 Å². The summed E-state index contributed by atoms with van der Waals surface area (Å²) in [4.78, 5) is 1.15. The Morgan fingerprint density at radius 1 is 1.29 bits per heavy atom. The summed E-state index contributed by atoms with van der Waals surface area (Å²) in [6, 6.07) is 8.05. The van der Waals surface area contributed by atoms with Crippen molar-refractivity contribution in [2.45, 2.75) is 20.0 Å². The lowest BCUT2D eigenvalue weighted by atomic mass is 10.0. The molecule has 1 atom stereocenters. The van der Waals surface area contributed by atoms with E-state index in [9.17, 15) is 5.11 Å². The van der Waals surface area contributed by atoms with Gasteiger partial charge < -0.3 is 5.11 Å². The Kier molecular flexibility index (Phi) is 4.28. The SMILES string of the molecule is Cc1cccc(C(O)c2cc(Br)sc2C)c1I. The largest absolute Gasteiger partial charge is 0.384 e. The van der Waals surface area contributed by atoms with E-state index >= 15 is 0 Å². The van der Waals surface area contributed by atoms with Gasteiger partial charge in [-0.15, -0.1) is 11.3 Å². The smallest absolute Gasteiger partial charge is 0.106 e. The third-order valence-electron chi connectivity index (χ3n) is 2.74. The molecule has 1 N–H and O–H groups in total. The van der Waals surface area contributed by atoms with E-state index in [0.29, 0.717) is 0 Å². The van der Waals surface area contributed by atoms with Crippen LogP contribution in [-0.2, 0) is 0 Å². The summed E-state index contributed by atoms with van der Waals surface area (Å²) in [5.74, 6) is 0. The highest BCUT2D eigenvalue weighted by Gasteiger charge is 2.18. The number of aryl methyl sites for hydroxylation is 2. The van der Waals surface area contributed by atoms with Crippen LogP contribution in [0.2, 0.25) is 0 Å². The molecule has 1 aromatic carbocycles. The standard InChI is InChI=1S/C13H12BrIOS/c1-7-4-3-5-9(12(7)15)13(16)10-6-11(14)17-8(10)2/h3-6,13,16H,1-2H3. The summed E-state index contributed by atoms with van der Waals surface area (Å²) in [5.41, 5.74) is 3.18.